The van der Waals surface area contributed by atoms with Crippen molar-refractivity contribution in [2.24, 2.45) is 5.92 Å². The van der Waals surface area contributed by atoms with E-state index in [1.54, 1.807) is 12.1 Å². The molecule has 3 aliphatic carbocycles. The first-order chi connectivity index (χ1) is 7.30. The summed E-state index contributed by atoms with van der Waals surface area (Å²) in [5, 5.41) is 0. The highest BCUT2D eigenvalue weighted by atomic mass is 19.1. The van der Waals surface area contributed by atoms with Gasteiger partial charge < -0.3 is 0 Å². The van der Waals surface area contributed by atoms with Gasteiger partial charge in [0.25, 0.3) is 0 Å². The monoisotopic (exact) mass is 204 g/mol. The highest BCUT2D eigenvalue weighted by Gasteiger charge is 2.42. The molecule has 0 nitrogen and oxygen atoms in total. The van der Waals surface area contributed by atoms with E-state index >= 15 is 0 Å². The first-order valence-electron chi connectivity index (χ1n) is 6.05. The molecule has 3 fully saturated rings. The molecule has 0 atom stereocenters. The van der Waals surface area contributed by atoms with Gasteiger partial charge in [-0.05, 0) is 61.5 Å². The molecule has 4 rings (SSSR count). The van der Waals surface area contributed by atoms with Gasteiger partial charge in [0.05, 0.1) is 0 Å². The lowest BCUT2D eigenvalue weighted by Gasteiger charge is -2.47. The molecule has 0 aromatic heterocycles. The molecule has 80 valence electrons. The molecule has 0 N–H and O–H groups in total. The van der Waals surface area contributed by atoms with Gasteiger partial charge in [-0.15, -0.1) is 0 Å². The van der Waals surface area contributed by atoms with Crippen LogP contribution in [-0.4, -0.2) is 0 Å². The average molecular weight is 204 g/mol. The minimum atomic E-state index is 0.0119. The second kappa shape index (κ2) is 3.33. The summed E-state index contributed by atoms with van der Waals surface area (Å²) in [6.07, 6.45) is 7.56. The van der Waals surface area contributed by atoms with Crippen LogP contribution < -0.4 is 0 Å². The Hall–Kier alpha value is -0.850. The van der Waals surface area contributed by atoms with E-state index in [4.69, 9.17) is 0 Å². The normalized spacial score (nSPS) is 34.3. The molecular formula is C14H17F. The highest BCUT2D eigenvalue weighted by molar-refractivity contribution is 5.29. The van der Waals surface area contributed by atoms with Crippen molar-refractivity contribution >= 4 is 0 Å². The molecule has 0 amide bonds. The Balaban J connectivity index is 2.01. The van der Waals surface area contributed by atoms with E-state index in [0.717, 1.165) is 11.5 Å². The quantitative estimate of drug-likeness (QED) is 0.647. The second-order valence-electron chi connectivity index (χ2n) is 5.24. The van der Waals surface area contributed by atoms with Crippen molar-refractivity contribution in [3.63, 3.8) is 0 Å². The molecule has 1 aromatic carbocycles. The number of fused-ring (bicyclic) bond motifs is 3. The predicted octanol–water partition coefficient (Wildman–Crippen LogP) is 4.05. The summed E-state index contributed by atoms with van der Waals surface area (Å²) in [6.45, 7) is 0. The van der Waals surface area contributed by atoms with Crippen molar-refractivity contribution in [1.29, 1.82) is 0 Å². The third kappa shape index (κ3) is 1.40. The maximum absolute atomic E-state index is 13.8. The van der Waals surface area contributed by atoms with E-state index in [2.05, 4.69) is 0 Å². The second-order valence-corrected chi connectivity index (χ2v) is 5.24. The van der Waals surface area contributed by atoms with Crippen LogP contribution in [0.15, 0.2) is 24.3 Å². The molecule has 0 heterocycles. The third-order valence-corrected chi connectivity index (χ3v) is 4.54. The zero-order valence-corrected chi connectivity index (χ0v) is 9.01. The lowest BCUT2D eigenvalue weighted by atomic mass is 9.58. The van der Waals surface area contributed by atoms with E-state index in [9.17, 15) is 4.39 Å². The van der Waals surface area contributed by atoms with Crippen LogP contribution in [0.3, 0.4) is 0 Å². The van der Waals surface area contributed by atoms with Crippen LogP contribution in [0.4, 0.5) is 4.39 Å². The van der Waals surface area contributed by atoms with Crippen molar-refractivity contribution in [3.8, 4) is 0 Å². The zero-order valence-electron chi connectivity index (χ0n) is 9.01. The van der Waals surface area contributed by atoms with Crippen LogP contribution in [0.5, 0.6) is 0 Å². The van der Waals surface area contributed by atoms with Crippen LogP contribution in [-0.2, 0) is 5.41 Å². The maximum Gasteiger partial charge on any atom is 0.126 e. The van der Waals surface area contributed by atoms with Gasteiger partial charge in [-0.1, -0.05) is 18.2 Å². The highest BCUT2D eigenvalue weighted by Crippen LogP contribution is 2.52. The zero-order chi connectivity index (χ0) is 10.3. The number of rotatable bonds is 1. The molecule has 0 aliphatic heterocycles. The number of hydrogen-bond acceptors (Lipinski definition) is 0. The Morgan fingerprint density at radius 2 is 1.60 bits per heavy atom. The summed E-state index contributed by atoms with van der Waals surface area (Å²) < 4.78 is 13.8. The summed E-state index contributed by atoms with van der Waals surface area (Å²) >= 11 is 0. The van der Waals surface area contributed by atoms with Crippen LogP contribution in [0.2, 0.25) is 0 Å². The number of halogens is 1. The van der Waals surface area contributed by atoms with E-state index in [1.165, 1.54) is 38.5 Å². The van der Waals surface area contributed by atoms with Gasteiger partial charge in [0.15, 0.2) is 0 Å². The Kier molecular flexibility index (Phi) is 2.08. The van der Waals surface area contributed by atoms with E-state index in [-0.39, 0.29) is 11.2 Å². The van der Waals surface area contributed by atoms with Gasteiger partial charge in [-0.2, -0.15) is 0 Å². The largest absolute Gasteiger partial charge is 0.207 e. The van der Waals surface area contributed by atoms with Crippen LogP contribution in [0.1, 0.15) is 44.1 Å². The smallest absolute Gasteiger partial charge is 0.126 e. The Morgan fingerprint density at radius 1 is 1.00 bits per heavy atom. The molecule has 1 aromatic rings. The fraction of sp³-hybridized carbons (Fsp3) is 0.571. The summed E-state index contributed by atoms with van der Waals surface area (Å²) in [6, 6.07) is 7.39. The molecular weight excluding hydrogens is 187 g/mol. The number of benzene rings is 1. The van der Waals surface area contributed by atoms with Gasteiger partial charge in [0.2, 0.25) is 0 Å². The van der Waals surface area contributed by atoms with Gasteiger partial charge in [0.1, 0.15) is 5.82 Å². The van der Waals surface area contributed by atoms with Crippen molar-refractivity contribution in [1.82, 2.24) is 0 Å². The molecule has 3 saturated carbocycles. The fourth-order valence-corrected chi connectivity index (χ4v) is 3.54. The summed E-state index contributed by atoms with van der Waals surface area (Å²) in [7, 11) is 0. The summed E-state index contributed by atoms with van der Waals surface area (Å²) in [5.74, 6) is 0.955. The molecule has 0 saturated heterocycles. The Bertz CT molecular complexity index is 348. The topological polar surface area (TPSA) is 0 Å². The lowest BCUT2D eigenvalue weighted by molar-refractivity contribution is 0.132. The standard InChI is InChI=1S/C14H17F/c15-13-4-2-1-3-12(13)14-8-5-11(6-9-14)7-10-14/h1-4,11H,5-10H2. The van der Waals surface area contributed by atoms with Gasteiger partial charge in [-0.3, -0.25) is 0 Å². The van der Waals surface area contributed by atoms with Crippen molar-refractivity contribution in [3.05, 3.63) is 35.6 Å². The minimum Gasteiger partial charge on any atom is -0.207 e. The molecule has 0 spiro atoms. The fourth-order valence-electron chi connectivity index (χ4n) is 3.54. The average Bonchev–Trinajstić information content (AvgIpc) is 2.32. The minimum absolute atomic E-state index is 0.0119. The first-order valence-corrected chi connectivity index (χ1v) is 6.05. The molecule has 1 heteroatoms. The van der Waals surface area contributed by atoms with Crippen molar-refractivity contribution in [2.45, 2.75) is 43.9 Å². The molecule has 3 aliphatic rings. The van der Waals surface area contributed by atoms with Gasteiger partial charge in [0, 0.05) is 0 Å². The Morgan fingerprint density at radius 3 is 2.20 bits per heavy atom. The first kappa shape index (κ1) is 9.38. The molecule has 2 bridgehead atoms. The van der Waals surface area contributed by atoms with Crippen LogP contribution in [0, 0.1) is 11.7 Å². The van der Waals surface area contributed by atoms with Gasteiger partial charge in [-0.25, -0.2) is 4.39 Å². The van der Waals surface area contributed by atoms with Gasteiger partial charge >= 0.3 is 0 Å². The van der Waals surface area contributed by atoms with Crippen molar-refractivity contribution < 1.29 is 4.39 Å². The SMILES string of the molecule is Fc1ccccc1C12CCC(CC1)CC2. The van der Waals surface area contributed by atoms with E-state index in [0.29, 0.717) is 0 Å². The molecule has 0 unspecified atom stereocenters. The van der Waals surface area contributed by atoms with Crippen molar-refractivity contribution in [2.75, 3.05) is 0 Å². The lowest BCUT2D eigenvalue weighted by Crippen LogP contribution is -2.38. The molecule has 15 heavy (non-hydrogen) atoms. The number of hydrogen-bond donors (Lipinski definition) is 0. The maximum atomic E-state index is 13.8. The van der Waals surface area contributed by atoms with Crippen LogP contribution >= 0.6 is 0 Å². The summed E-state index contributed by atoms with van der Waals surface area (Å²) in [4.78, 5) is 0. The van der Waals surface area contributed by atoms with Crippen LogP contribution in [0.25, 0.3) is 0 Å². The van der Waals surface area contributed by atoms with E-state index < -0.39 is 0 Å². The Labute approximate surface area is 90.5 Å². The third-order valence-electron chi connectivity index (χ3n) is 4.54. The summed E-state index contributed by atoms with van der Waals surface area (Å²) in [5.41, 5.74) is 1.18. The van der Waals surface area contributed by atoms with E-state index in [1.807, 2.05) is 12.1 Å². The molecule has 0 radical (unpaired) electrons. The predicted molar refractivity (Wildman–Crippen MR) is 59.3 cm³/mol.